The van der Waals surface area contributed by atoms with Crippen molar-refractivity contribution in [2.75, 3.05) is 6.26 Å². The third-order valence-corrected chi connectivity index (χ3v) is 3.92. The van der Waals surface area contributed by atoms with Crippen LogP contribution in [-0.2, 0) is 17.8 Å². The Bertz CT molecular complexity index is 566. The summed E-state index contributed by atoms with van der Waals surface area (Å²) < 4.78 is 0. The van der Waals surface area contributed by atoms with Gasteiger partial charge in [-0.25, -0.2) is 0 Å². The van der Waals surface area contributed by atoms with Gasteiger partial charge in [-0.1, -0.05) is 35.9 Å². The van der Waals surface area contributed by atoms with Crippen molar-refractivity contribution in [1.29, 1.82) is 0 Å². The second kappa shape index (κ2) is 7.36. The number of halogens is 1. The van der Waals surface area contributed by atoms with E-state index in [9.17, 15) is 4.79 Å². The minimum absolute atomic E-state index is 0.0151. The Morgan fingerprint density at radius 1 is 1.05 bits per heavy atom. The van der Waals surface area contributed by atoms with E-state index in [1.807, 2.05) is 30.5 Å². The van der Waals surface area contributed by atoms with Gasteiger partial charge in [0, 0.05) is 16.5 Å². The van der Waals surface area contributed by atoms with Crippen LogP contribution < -0.4 is 5.32 Å². The summed E-state index contributed by atoms with van der Waals surface area (Å²) in [7, 11) is 0. The van der Waals surface area contributed by atoms with Crippen molar-refractivity contribution >= 4 is 29.3 Å². The standard InChI is InChI=1S/C16H16ClNOS/c1-20-15-8-4-13(5-9-15)11-18-16(19)10-12-2-6-14(17)7-3-12/h2-9H,10-11H2,1H3,(H,18,19). The predicted octanol–water partition coefficient (Wildman–Crippen LogP) is 3.92. The maximum Gasteiger partial charge on any atom is 0.224 e. The van der Waals surface area contributed by atoms with Crippen molar-refractivity contribution in [2.45, 2.75) is 17.9 Å². The summed E-state index contributed by atoms with van der Waals surface area (Å²) in [6, 6.07) is 15.5. The zero-order valence-corrected chi connectivity index (χ0v) is 12.8. The van der Waals surface area contributed by atoms with Crippen molar-refractivity contribution in [1.82, 2.24) is 5.32 Å². The lowest BCUT2D eigenvalue weighted by Gasteiger charge is -2.06. The lowest BCUT2D eigenvalue weighted by atomic mass is 10.1. The molecule has 0 aliphatic rings. The fraction of sp³-hybridized carbons (Fsp3) is 0.188. The van der Waals surface area contributed by atoms with Gasteiger partial charge in [-0.3, -0.25) is 4.79 Å². The molecule has 0 fully saturated rings. The summed E-state index contributed by atoms with van der Waals surface area (Å²) in [5.41, 5.74) is 2.07. The quantitative estimate of drug-likeness (QED) is 0.848. The first-order chi connectivity index (χ1) is 9.67. The second-order valence-corrected chi connectivity index (χ2v) is 5.74. The van der Waals surface area contributed by atoms with Crippen LogP contribution in [0, 0.1) is 0 Å². The van der Waals surface area contributed by atoms with E-state index in [-0.39, 0.29) is 5.91 Å². The molecule has 0 saturated heterocycles. The molecule has 0 aliphatic heterocycles. The maximum absolute atomic E-state index is 11.8. The van der Waals surface area contributed by atoms with Crippen LogP contribution >= 0.6 is 23.4 Å². The first kappa shape index (κ1) is 14.9. The van der Waals surface area contributed by atoms with Gasteiger partial charge in [0.25, 0.3) is 0 Å². The Morgan fingerprint density at radius 3 is 2.25 bits per heavy atom. The van der Waals surface area contributed by atoms with E-state index in [0.717, 1.165) is 11.1 Å². The molecule has 20 heavy (non-hydrogen) atoms. The smallest absolute Gasteiger partial charge is 0.224 e. The van der Waals surface area contributed by atoms with E-state index in [1.54, 1.807) is 23.9 Å². The van der Waals surface area contributed by atoms with Gasteiger partial charge >= 0.3 is 0 Å². The molecular weight excluding hydrogens is 290 g/mol. The molecule has 2 nitrogen and oxygen atoms in total. The molecule has 0 radical (unpaired) electrons. The molecule has 0 saturated carbocycles. The average Bonchev–Trinajstić information content (AvgIpc) is 2.48. The van der Waals surface area contributed by atoms with Crippen molar-refractivity contribution in [3.8, 4) is 0 Å². The van der Waals surface area contributed by atoms with Crippen molar-refractivity contribution in [2.24, 2.45) is 0 Å². The number of rotatable bonds is 5. The van der Waals surface area contributed by atoms with Crippen LogP contribution in [0.2, 0.25) is 5.02 Å². The summed E-state index contributed by atoms with van der Waals surface area (Å²) in [6.45, 7) is 0.557. The third kappa shape index (κ3) is 4.58. The Balaban J connectivity index is 1.83. The largest absolute Gasteiger partial charge is 0.352 e. The molecule has 2 aromatic carbocycles. The number of hydrogen-bond acceptors (Lipinski definition) is 2. The van der Waals surface area contributed by atoms with E-state index in [1.165, 1.54) is 4.90 Å². The van der Waals surface area contributed by atoms with Gasteiger partial charge < -0.3 is 5.32 Å². The van der Waals surface area contributed by atoms with Gasteiger partial charge in [0.15, 0.2) is 0 Å². The molecule has 104 valence electrons. The molecule has 0 heterocycles. The molecule has 1 amide bonds. The fourth-order valence-corrected chi connectivity index (χ4v) is 2.33. The number of hydrogen-bond donors (Lipinski definition) is 1. The minimum Gasteiger partial charge on any atom is -0.352 e. The molecular formula is C16H16ClNOS. The Hall–Kier alpha value is -1.45. The predicted molar refractivity (Wildman–Crippen MR) is 85.2 cm³/mol. The van der Waals surface area contributed by atoms with Crippen LogP contribution in [0.25, 0.3) is 0 Å². The minimum atomic E-state index is 0.0151. The van der Waals surface area contributed by atoms with E-state index in [0.29, 0.717) is 18.0 Å². The highest BCUT2D eigenvalue weighted by Crippen LogP contribution is 2.14. The normalized spacial score (nSPS) is 10.3. The average molecular weight is 306 g/mol. The highest BCUT2D eigenvalue weighted by atomic mass is 35.5. The fourth-order valence-electron chi connectivity index (χ4n) is 1.79. The highest BCUT2D eigenvalue weighted by molar-refractivity contribution is 7.98. The van der Waals surface area contributed by atoms with E-state index >= 15 is 0 Å². The van der Waals surface area contributed by atoms with Crippen LogP contribution in [0.4, 0.5) is 0 Å². The van der Waals surface area contributed by atoms with E-state index in [2.05, 4.69) is 17.4 Å². The van der Waals surface area contributed by atoms with Crippen LogP contribution in [0.1, 0.15) is 11.1 Å². The van der Waals surface area contributed by atoms with Crippen LogP contribution in [-0.4, -0.2) is 12.2 Å². The van der Waals surface area contributed by atoms with Gasteiger partial charge in [-0.05, 0) is 41.6 Å². The molecule has 0 bridgehead atoms. The summed E-state index contributed by atoms with van der Waals surface area (Å²) in [5, 5.41) is 3.60. The number of benzene rings is 2. The Labute approximate surface area is 128 Å². The molecule has 0 atom stereocenters. The van der Waals surface area contributed by atoms with Crippen molar-refractivity contribution in [3.63, 3.8) is 0 Å². The molecule has 4 heteroatoms. The molecule has 2 rings (SSSR count). The summed E-state index contributed by atoms with van der Waals surface area (Å²) in [5.74, 6) is 0.0151. The summed E-state index contributed by atoms with van der Waals surface area (Å²) in [6.07, 6.45) is 2.42. The van der Waals surface area contributed by atoms with Gasteiger partial charge in [-0.2, -0.15) is 0 Å². The monoisotopic (exact) mass is 305 g/mol. The molecule has 2 aromatic rings. The number of amides is 1. The lowest BCUT2D eigenvalue weighted by Crippen LogP contribution is -2.24. The lowest BCUT2D eigenvalue weighted by molar-refractivity contribution is -0.120. The molecule has 0 spiro atoms. The third-order valence-electron chi connectivity index (χ3n) is 2.93. The van der Waals surface area contributed by atoms with Crippen molar-refractivity contribution < 1.29 is 4.79 Å². The zero-order chi connectivity index (χ0) is 14.4. The number of thioether (sulfide) groups is 1. The summed E-state index contributed by atoms with van der Waals surface area (Å²) in [4.78, 5) is 13.1. The second-order valence-electron chi connectivity index (χ2n) is 4.43. The Morgan fingerprint density at radius 2 is 1.65 bits per heavy atom. The summed E-state index contributed by atoms with van der Waals surface area (Å²) >= 11 is 7.52. The van der Waals surface area contributed by atoms with Crippen LogP contribution in [0.15, 0.2) is 53.4 Å². The first-order valence-corrected chi connectivity index (χ1v) is 7.92. The first-order valence-electron chi connectivity index (χ1n) is 6.31. The van der Waals surface area contributed by atoms with E-state index in [4.69, 9.17) is 11.6 Å². The SMILES string of the molecule is CSc1ccc(CNC(=O)Cc2ccc(Cl)cc2)cc1. The maximum atomic E-state index is 11.8. The Kier molecular flexibility index (Phi) is 5.50. The zero-order valence-electron chi connectivity index (χ0n) is 11.2. The number of nitrogens with one attached hydrogen (secondary N) is 1. The van der Waals surface area contributed by atoms with E-state index < -0.39 is 0 Å². The van der Waals surface area contributed by atoms with Crippen molar-refractivity contribution in [3.05, 3.63) is 64.7 Å². The van der Waals surface area contributed by atoms with Gasteiger partial charge in [0.1, 0.15) is 0 Å². The van der Waals surface area contributed by atoms with Gasteiger partial charge in [0.05, 0.1) is 6.42 Å². The molecule has 0 aliphatic carbocycles. The van der Waals surface area contributed by atoms with Gasteiger partial charge in [-0.15, -0.1) is 11.8 Å². The molecule has 0 unspecified atom stereocenters. The van der Waals surface area contributed by atoms with Gasteiger partial charge in [0.2, 0.25) is 5.91 Å². The highest BCUT2D eigenvalue weighted by Gasteiger charge is 2.03. The molecule has 0 aromatic heterocycles. The number of carbonyl (C=O) groups is 1. The number of carbonyl (C=O) groups excluding carboxylic acids is 1. The van der Waals surface area contributed by atoms with Crippen LogP contribution in [0.3, 0.4) is 0 Å². The topological polar surface area (TPSA) is 29.1 Å². The van der Waals surface area contributed by atoms with Crippen LogP contribution in [0.5, 0.6) is 0 Å². The molecule has 1 N–H and O–H groups in total.